The van der Waals surface area contributed by atoms with E-state index in [9.17, 15) is 19.8 Å². The number of pyridine rings is 1. The van der Waals surface area contributed by atoms with Crippen LogP contribution in [0.25, 0.3) is 11.1 Å². The first-order chi connectivity index (χ1) is 21.3. The Balaban J connectivity index is 0.00000148. The van der Waals surface area contributed by atoms with Gasteiger partial charge in [0.25, 0.3) is 5.56 Å². The number of allylic oxidation sites excluding steroid dienone is 2. The van der Waals surface area contributed by atoms with Gasteiger partial charge in [0.15, 0.2) is 6.23 Å². The van der Waals surface area contributed by atoms with Gasteiger partial charge in [0.05, 0.1) is 25.5 Å². The summed E-state index contributed by atoms with van der Waals surface area (Å²) in [5.41, 5.74) is 0.968. The smallest absolute Gasteiger partial charge is 0.333 e. The fourth-order valence-electron chi connectivity index (χ4n) is 3.90. The minimum atomic E-state index is -1.39. The van der Waals surface area contributed by atoms with Crippen LogP contribution in [0.1, 0.15) is 32.2 Å². The molecule has 1 fully saturated rings. The molecule has 0 bridgehead atoms. The van der Waals surface area contributed by atoms with Crippen molar-refractivity contribution >= 4 is 27.6 Å². The number of nitrogens with zero attached hydrogens (tertiary/aromatic N) is 3. The molecule has 1 aliphatic rings. The fraction of sp³-hybridized carbons (Fsp3) is 0.370. The lowest BCUT2D eigenvalue weighted by molar-refractivity contribution is -0.0458. The zero-order valence-electron chi connectivity index (χ0n) is 24.4. The highest BCUT2D eigenvalue weighted by Crippen LogP contribution is 2.30. The monoisotopic (exact) mass is 675 g/mol. The molecule has 0 spiro atoms. The molecular weight excluding hydrogens is 635 g/mol. The Morgan fingerprint density at radius 3 is 2.20 bits per heavy atom. The third kappa shape index (κ3) is 12.3. The predicted octanol–water partition coefficient (Wildman–Crippen LogP) is 1.44. The van der Waals surface area contributed by atoms with Crippen molar-refractivity contribution in [3.05, 3.63) is 93.5 Å². The quantitative estimate of drug-likeness (QED) is 0.155. The molecule has 17 heteroatoms. The van der Waals surface area contributed by atoms with E-state index >= 15 is 0 Å². The summed E-state index contributed by atoms with van der Waals surface area (Å²) in [6.45, 7) is 3.66. The molecule has 6 N–H and O–H groups in total. The molecule has 0 amide bonds. The van der Waals surface area contributed by atoms with Crippen molar-refractivity contribution in [2.24, 2.45) is 0 Å². The lowest BCUT2D eigenvalue weighted by Gasteiger charge is -2.18. The molecule has 0 radical (unpaired) electrons. The number of ether oxygens (including phenoxy) is 2. The van der Waals surface area contributed by atoms with Crippen LogP contribution in [0, 0.1) is 0 Å². The van der Waals surface area contributed by atoms with E-state index in [1.165, 1.54) is 31.2 Å². The van der Waals surface area contributed by atoms with Crippen molar-refractivity contribution in [3.8, 4) is 16.9 Å². The molecule has 1 aromatic carbocycles. The zero-order valence-corrected chi connectivity index (χ0v) is 27.7. The van der Waals surface area contributed by atoms with E-state index in [-0.39, 0.29) is 19.6 Å². The summed E-state index contributed by atoms with van der Waals surface area (Å²) >= 11 is 0. The van der Waals surface area contributed by atoms with Gasteiger partial charge in [-0.1, -0.05) is 24.3 Å². The Morgan fingerprint density at radius 1 is 1.02 bits per heavy atom. The van der Waals surface area contributed by atoms with Crippen LogP contribution in [0.15, 0.2) is 76.6 Å². The first-order valence-corrected chi connectivity index (χ1v) is 14.6. The summed E-state index contributed by atoms with van der Waals surface area (Å²) in [5.74, 6) is 0.699. The summed E-state index contributed by atoms with van der Waals surface area (Å²) in [4.78, 5) is 50.7. The zero-order chi connectivity index (χ0) is 33.7. The minimum Gasteiger partial charge on any atom is -0.497 e. The van der Waals surface area contributed by atoms with Gasteiger partial charge in [0, 0.05) is 25.1 Å². The second kappa shape index (κ2) is 23.6. The average molecular weight is 676 g/mol. The standard InChI is InChI=1S/C23H25N3O7.C4H8.HO2P.2H3OP/c1-32-17-4-2-3-14(12-17)15-5-8-24-16(11-15)13-26-19(28)6-9-25(23(26)31)22-21(30)20(29)18(33-22)7-10-27;1-3-4-2;1-3-2;2*1-2/h2-6,8-9,11-12,18,20-22,27,29-30H,7,10,13H2,1H3;3-4H,1-2H3;(H,1,2);2*1H,2H2/b;4-3-;;;. The van der Waals surface area contributed by atoms with Gasteiger partial charge >= 0.3 is 14.4 Å². The Kier molecular flexibility index (Phi) is 22.2. The van der Waals surface area contributed by atoms with Gasteiger partial charge in [0.2, 0.25) is 0 Å². The van der Waals surface area contributed by atoms with Crippen LogP contribution in [0.4, 0.5) is 0 Å². The Labute approximate surface area is 261 Å². The third-order valence-corrected chi connectivity index (χ3v) is 5.99. The van der Waals surface area contributed by atoms with E-state index in [1.54, 1.807) is 19.4 Å². The summed E-state index contributed by atoms with van der Waals surface area (Å²) < 4.78 is 21.4. The maximum absolute atomic E-state index is 13.1. The van der Waals surface area contributed by atoms with Gasteiger partial charge in [-0.2, -0.15) is 0 Å². The SMILES string of the molecule is C/C=C\C.COc1cccc(-c2ccnc(Cn3c(=O)ccn(C4OC(CCO)C(O)C4O)c3=O)c2)c1.O=PO.OP.OP. The van der Waals surface area contributed by atoms with Crippen LogP contribution in [-0.2, 0) is 15.8 Å². The van der Waals surface area contributed by atoms with E-state index in [4.69, 9.17) is 33.8 Å². The van der Waals surface area contributed by atoms with Gasteiger partial charge in [-0.25, -0.2) is 9.36 Å². The van der Waals surface area contributed by atoms with Crippen molar-refractivity contribution in [1.29, 1.82) is 0 Å². The molecule has 6 unspecified atom stereocenters. The molecule has 44 heavy (non-hydrogen) atoms. The molecule has 1 aliphatic heterocycles. The summed E-state index contributed by atoms with van der Waals surface area (Å²) in [7, 11) is 3.58. The summed E-state index contributed by atoms with van der Waals surface area (Å²) in [6.07, 6.45) is 2.25. The van der Waals surface area contributed by atoms with Gasteiger partial charge in [-0.05, 0) is 74.6 Å². The van der Waals surface area contributed by atoms with Gasteiger partial charge < -0.3 is 39.5 Å². The van der Waals surface area contributed by atoms with Crippen LogP contribution in [0.3, 0.4) is 0 Å². The molecule has 14 nitrogen and oxygen atoms in total. The summed E-state index contributed by atoms with van der Waals surface area (Å²) in [5, 5.41) is 29.6. The van der Waals surface area contributed by atoms with Crippen molar-refractivity contribution < 1.29 is 44.0 Å². The van der Waals surface area contributed by atoms with Crippen molar-refractivity contribution in [3.63, 3.8) is 0 Å². The molecule has 6 atom stereocenters. The summed E-state index contributed by atoms with van der Waals surface area (Å²) in [6, 6.07) is 12.3. The van der Waals surface area contributed by atoms with Crippen LogP contribution < -0.4 is 16.0 Å². The molecular formula is C27H40N3O11P3. The van der Waals surface area contributed by atoms with E-state index < -0.39 is 44.5 Å². The number of benzene rings is 1. The van der Waals surface area contributed by atoms with Crippen LogP contribution >= 0.6 is 27.6 Å². The number of aromatic nitrogens is 3. The van der Waals surface area contributed by atoms with Crippen LogP contribution in [-0.4, -0.2) is 76.1 Å². The molecule has 3 aromatic rings. The number of methoxy groups -OCH3 is 1. The molecule has 0 saturated carbocycles. The maximum atomic E-state index is 13.1. The van der Waals surface area contributed by atoms with E-state index in [0.717, 1.165) is 20.3 Å². The molecule has 244 valence electrons. The first-order valence-electron chi connectivity index (χ1n) is 12.9. The van der Waals surface area contributed by atoms with E-state index in [2.05, 4.69) is 4.98 Å². The van der Waals surface area contributed by atoms with Crippen LogP contribution in [0.2, 0.25) is 0 Å². The number of aliphatic hydroxyl groups is 3. The minimum absolute atomic E-state index is 0.0955. The van der Waals surface area contributed by atoms with Crippen molar-refractivity contribution in [2.75, 3.05) is 13.7 Å². The number of hydrogen-bond acceptors (Lipinski definition) is 11. The predicted molar refractivity (Wildman–Crippen MR) is 172 cm³/mol. The molecule has 2 aromatic heterocycles. The number of rotatable bonds is 7. The molecule has 4 rings (SSSR count). The highest BCUT2D eigenvalue weighted by Gasteiger charge is 2.43. The topological polar surface area (TPSA) is 214 Å². The van der Waals surface area contributed by atoms with Gasteiger partial charge in [-0.15, -0.1) is 0 Å². The Hall–Kier alpha value is -2.73. The van der Waals surface area contributed by atoms with Gasteiger partial charge in [-0.3, -0.25) is 18.9 Å². The lowest BCUT2D eigenvalue weighted by atomic mass is 10.1. The average Bonchev–Trinajstić information content (AvgIpc) is 3.34. The molecule has 1 saturated heterocycles. The fourth-order valence-corrected chi connectivity index (χ4v) is 3.90. The third-order valence-electron chi connectivity index (χ3n) is 5.99. The normalized spacial score (nSPS) is 18.4. The van der Waals surface area contributed by atoms with E-state index in [0.29, 0.717) is 11.4 Å². The van der Waals surface area contributed by atoms with Crippen molar-refractivity contribution in [2.45, 2.75) is 51.4 Å². The number of hydrogen-bond donors (Lipinski definition) is 6. The Bertz CT molecular complexity index is 1380. The van der Waals surface area contributed by atoms with E-state index in [1.807, 2.05) is 56.3 Å². The maximum Gasteiger partial charge on any atom is 0.333 e. The van der Waals surface area contributed by atoms with Crippen LogP contribution in [0.5, 0.6) is 5.75 Å². The number of aliphatic hydroxyl groups excluding tert-OH is 3. The second-order valence-corrected chi connectivity index (χ2v) is 8.67. The highest BCUT2D eigenvalue weighted by atomic mass is 31.1. The largest absolute Gasteiger partial charge is 0.497 e. The van der Waals surface area contributed by atoms with Gasteiger partial charge in [0.1, 0.15) is 18.0 Å². The molecule has 3 heterocycles. The highest BCUT2D eigenvalue weighted by molar-refractivity contribution is 7.16. The Morgan fingerprint density at radius 2 is 1.64 bits per heavy atom. The van der Waals surface area contributed by atoms with Crippen molar-refractivity contribution in [1.82, 2.24) is 14.1 Å². The first kappa shape index (κ1) is 41.3. The molecule has 0 aliphatic carbocycles. The lowest BCUT2D eigenvalue weighted by Crippen LogP contribution is -2.43. The second-order valence-electron chi connectivity index (χ2n) is 8.50.